The summed E-state index contributed by atoms with van der Waals surface area (Å²) < 4.78 is 30.6. The van der Waals surface area contributed by atoms with Gasteiger partial charge in [0.15, 0.2) is 6.61 Å². The molecule has 1 saturated heterocycles. The van der Waals surface area contributed by atoms with Crippen LogP contribution >= 0.6 is 11.6 Å². The average molecular weight is 465 g/mol. The van der Waals surface area contributed by atoms with Crippen molar-refractivity contribution in [1.82, 2.24) is 20.8 Å². The molecule has 1 amide bonds. The van der Waals surface area contributed by atoms with Crippen molar-refractivity contribution in [3.05, 3.63) is 40.8 Å². The van der Waals surface area contributed by atoms with Crippen molar-refractivity contribution in [3.63, 3.8) is 0 Å². The first-order valence-electron chi connectivity index (χ1n) is 11.1. The highest BCUT2D eigenvalue weighted by Crippen LogP contribution is 2.41. The first-order chi connectivity index (χ1) is 15.5. The summed E-state index contributed by atoms with van der Waals surface area (Å²) in [5, 5.41) is 14.8. The zero-order valence-corrected chi connectivity index (χ0v) is 18.3. The van der Waals surface area contributed by atoms with E-state index in [0.717, 1.165) is 31.7 Å². The van der Waals surface area contributed by atoms with Gasteiger partial charge in [-0.05, 0) is 50.7 Å². The van der Waals surface area contributed by atoms with E-state index in [1.54, 1.807) is 0 Å². The summed E-state index contributed by atoms with van der Waals surface area (Å²) in [6.07, 6.45) is 6.65. The van der Waals surface area contributed by atoms with E-state index in [1.165, 1.54) is 25.0 Å². The molecule has 2 aliphatic carbocycles. The van der Waals surface area contributed by atoms with Gasteiger partial charge in [0.05, 0.1) is 23.3 Å². The molecule has 1 aliphatic heterocycles. The number of carbonyl (C=O) groups is 1. The van der Waals surface area contributed by atoms with Gasteiger partial charge in [0.2, 0.25) is 11.8 Å². The Balaban J connectivity index is 1.03. The second-order valence-corrected chi connectivity index (χ2v) is 9.18. The quantitative estimate of drug-likeness (QED) is 0.618. The molecule has 0 radical (unpaired) electrons. The summed E-state index contributed by atoms with van der Waals surface area (Å²) in [7, 11) is 0. The Bertz CT molecular complexity index is 955. The molecule has 2 aromatic rings. The lowest BCUT2D eigenvalue weighted by Gasteiger charge is -2.32. The van der Waals surface area contributed by atoms with Crippen LogP contribution < -0.4 is 15.4 Å². The predicted octanol–water partition coefficient (Wildman–Crippen LogP) is 3.28. The van der Waals surface area contributed by atoms with E-state index >= 15 is 0 Å². The van der Waals surface area contributed by atoms with Crippen LogP contribution in [0.4, 0.5) is 4.39 Å². The van der Waals surface area contributed by atoms with Crippen molar-refractivity contribution in [2.75, 3.05) is 13.2 Å². The number of ether oxygens (including phenoxy) is 2. The van der Waals surface area contributed by atoms with Gasteiger partial charge in [0.1, 0.15) is 11.6 Å². The maximum atomic E-state index is 13.4. The molecular formula is C22H26ClFN4O4. The maximum Gasteiger partial charge on any atom is 0.258 e. The summed E-state index contributed by atoms with van der Waals surface area (Å²) in [5.41, 5.74) is 0. The highest BCUT2D eigenvalue weighted by molar-refractivity contribution is 6.30. The summed E-state index contributed by atoms with van der Waals surface area (Å²) >= 11 is 5.64. The number of amides is 1. The van der Waals surface area contributed by atoms with E-state index in [2.05, 4.69) is 20.8 Å². The first-order valence-corrected chi connectivity index (χ1v) is 11.5. The van der Waals surface area contributed by atoms with Gasteiger partial charge in [-0.3, -0.25) is 4.79 Å². The number of benzene rings is 1. The fraction of sp³-hybridized carbons (Fsp3) is 0.591. The van der Waals surface area contributed by atoms with Crippen molar-refractivity contribution in [1.29, 1.82) is 0 Å². The van der Waals surface area contributed by atoms with Gasteiger partial charge in [0, 0.05) is 24.6 Å². The highest BCUT2D eigenvalue weighted by atomic mass is 35.5. The second-order valence-electron chi connectivity index (χ2n) is 8.77. The number of rotatable bonds is 8. The lowest BCUT2D eigenvalue weighted by molar-refractivity contribution is -0.124. The van der Waals surface area contributed by atoms with Gasteiger partial charge in [0.25, 0.3) is 5.91 Å². The lowest BCUT2D eigenvalue weighted by atomic mass is 9.82. The van der Waals surface area contributed by atoms with Gasteiger partial charge < -0.3 is 24.5 Å². The fourth-order valence-corrected chi connectivity index (χ4v) is 4.20. The van der Waals surface area contributed by atoms with E-state index in [0.29, 0.717) is 36.5 Å². The van der Waals surface area contributed by atoms with Crippen LogP contribution in [-0.2, 0) is 9.53 Å². The van der Waals surface area contributed by atoms with E-state index in [9.17, 15) is 9.18 Å². The largest absolute Gasteiger partial charge is 0.484 e. The van der Waals surface area contributed by atoms with Crippen LogP contribution in [0, 0.1) is 5.82 Å². The van der Waals surface area contributed by atoms with E-state index in [-0.39, 0.29) is 35.4 Å². The Hall–Kier alpha value is -2.23. The topological polar surface area (TPSA) is 98.5 Å². The molecule has 2 saturated carbocycles. The molecule has 3 aliphatic rings. The number of aromatic nitrogens is 2. The number of halogens is 2. The molecule has 2 heterocycles. The Kier molecular flexibility index (Phi) is 6.30. The summed E-state index contributed by atoms with van der Waals surface area (Å²) in [6, 6.07) is 4.03. The van der Waals surface area contributed by atoms with Crippen molar-refractivity contribution >= 4 is 17.5 Å². The SMILES string of the molecule is O=C(COc1ccc(Cl)c(F)c1)N[C@H]1CC[C@H](c2nnc(C3CC(OC4CC4)C3)o2)NC1. The van der Waals surface area contributed by atoms with Gasteiger partial charge in [-0.15, -0.1) is 10.2 Å². The Labute approximate surface area is 190 Å². The third kappa shape index (κ3) is 5.22. The molecule has 2 atom stereocenters. The average Bonchev–Trinajstić information content (AvgIpc) is 3.46. The number of piperidine rings is 1. The number of carbonyl (C=O) groups excluding carboxylic acids is 1. The minimum Gasteiger partial charge on any atom is -0.484 e. The van der Waals surface area contributed by atoms with Crippen molar-refractivity contribution in [2.24, 2.45) is 0 Å². The van der Waals surface area contributed by atoms with Crippen LogP contribution in [0.3, 0.4) is 0 Å². The summed E-state index contributed by atoms with van der Waals surface area (Å²) in [4.78, 5) is 12.2. The Morgan fingerprint density at radius 2 is 2.00 bits per heavy atom. The van der Waals surface area contributed by atoms with Crippen LogP contribution in [0.15, 0.2) is 22.6 Å². The molecule has 1 aromatic carbocycles. The zero-order chi connectivity index (χ0) is 22.1. The van der Waals surface area contributed by atoms with Crippen LogP contribution in [0.25, 0.3) is 0 Å². The Morgan fingerprint density at radius 3 is 2.72 bits per heavy atom. The van der Waals surface area contributed by atoms with Crippen molar-refractivity contribution in [2.45, 2.75) is 68.7 Å². The van der Waals surface area contributed by atoms with Crippen LogP contribution in [0.5, 0.6) is 5.75 Å². The zero-order valence-electron chi connectivity index (χ0n) is 17.6. The van der Waals surface area contributed by atoms with E-state index in [1.807, 2.05) is 0 Å². The molecule has 0 spiro atoms. The molecule has 1 aromatic heterocycles. The monoisotopic (exact) mass is 464 g/mol. The predicted molar refractivity (Wildman–Crippen MR) is 113 cm³/mol. The molecule has 0 unspecified atom stereocenters. The summed E-state index contributed by atoms with van der Waals surface area (Å²) in [5.74, 6) is 1.00. The lowest BCUT2D eigenvalue weighted by Crippen LogP contribution is -2.48. The van der Waals surface area contributed by atoms with Gasteiger partial charge in [-0.25, -0.2) is 4.39 Å². The molecule has 10 heteroatoms. The molecular weight excluding hydrogens is 439 g/mol. The number of hydrogen-bond acceptors (Lipinski definition) is 7. The van der Waals surface area contributed by atoms with E-state index < -0.39 is 5.82 Å². The number of hydrogen-bond donors (Lipinski definition) is 2. The summed E-state index contributed by atoms with van der Waals surface area (Å²) in [6.45, 7) is 0.394. The third-order valence-corrected chi connectivity index (χ3v) is 6.45. The second kappa shape index (κ2) is 9.33. The number of nitrogens with zero attached hydrogens (tertiary/aromatic N) is 2. The molecule has 2 N–H and O–H groups in total. The molecule has 172 valence electrons. The molecule has 3 fully saturated rings. The minimum absolute atomic E-state index is 0.0116. The maximum absolute atomic E-state index is 13.4. The van der Waals surface area contributed by atoms with Gasteiger partial charge in [-0.1, -0.05) is 11.6 Å². The van der Waals surface area contributed by atoms with Crippen LogP contribution in [0.1, 0.15) is 62.3 Å². The smallest absolute Gasteiger partial charge is 0.258 e. The van der Waals surface area contributed by atoms with Crippen molar-refractivity contribution in [3.8, 4) is 5.75 Å². The highest BCUT2D eigenvalue weighted by Gasteiger charge is 2.39. The van der Waals surface area contributed by atoms with Gasteiger partial charge >= 0.3 is 0 Å². The fourth-order valence-electron chi connectivity index (χ4n) is 4.08. The van der Waals surface area contributed by atoms with Crippen LogP contribution in [0.2, 0.25) is 5.02 Å². The first kappa shape index (κ1) is 21.6. The molecule has 32 heavy (non-hydrogen) atoms. The van der Waals surface area contributed by atoms with Crippen LogP contribution in [-0.4, -0.2) is 47.5 Å². The Morgan fingerprint density at radius 1 is 1.19 bits per heavy atom. The third-order valence-electron chi connectivity index (χ3n) is 6.15. The molecule has 8 nitrogen and oxygen atoms in total. The van der Waals surface area contributed by atoms with Gasteiger partial charge in [-0.2, -0.15) is 0 Å². The molecule has 5 rings (SSSR count). The standard InChI is InChI=1S/C22H26ClFN4O4/c23-17-5-4-15(9-18(17)24)30-11-20(29)26-13-1-6-19(25-10-13)22-28-27-21(32-22)12-7-16(8-12)31-14-2-3-14/h4-5,9,12-14,16,19,25H,1-3,6-8,10-11H2,(H,26,29)/t12?,13-,16?,19+/m0/s1. The normalized spacial score (nSPS) is 27.6. The number of nitrogens with one attached hydrogen (secondary N) is 2. The molecule has 0 bridgehead atoms. The minimum atomic E-state index is -0.583. The van der Waals surface area contributed by atoms with E-state index in [4.69, 9.17) is 25.5 Å². The van der Waals surface area contributed by atoms with Crippen molar-refractivity contribution < 1.29 is 23.1 Å².